The molecule has 0 radical (unpaired) electrons. The maximum Gasteiger partial charge on any atom is 0.261 e. The molecule has 172 valence electrons. The Labute approximate surface area is 190 Å². The van der Waals surface area contributed by atoms with E-state index in [1.807, 2.05) is 38.1 Å². The lowest BCUT2D eigenvalue weighted by molar-refractivity contribution is -0.143. The minimum absolute atomic E-state index is 0.0780. The highest BCUT2D eigenvalue weighted by Crippen LogP contribution is 2.21. The summed E-state index contributed by atoms with van der Waals surface area (Å²) in [5, 5.41) is 3.16. The molecule has 1 aliphatic carbocycles. The van der Waals surface area contributed by atoms with E-state index in [0.29, 0.717) is 18.7 Å². The second kappa shape index (κ2) is 11.6. The summed E-state index contributed by atoms with van der Waals surface area (Å²) in [6.45, 7) is 4.20. The van der Waals surface area contributed by atoms with Crippen LogP contribution in [0.25, 0.3) is 0 Å². The number of nitrogens with zero attached hydrogens (tertiary/aromatic N) is 1. The van der Waals surface area contributed by atoms with Gasteiger partial charge in [-0.1, -0.05) is 44.0 Å². The highest BCUT2D eigenvalue weighted by Gasteiger charge is 2.31. The number of benzene rings is 2. The molecule has 6 nitrogen and oxygen atoms in total. The molecule has 0 saturated heterocycles. The summed E-state index contributed by atoms with van der Waals surface area (Å²) in [6, 6.07) is 14.7. The lowest BCUT2D eigenvalue weighted by Crippen LogP contribution is -2.52. The summed E-state index contributed by atoms with van der Waals surface area (Å²) in [7, 11) is 1.60. The number of amides is 2. The molecule has 0 heterocycles. The average molecular weight is 439 g/mol. The van der Waals surface area contributed by atoms with Crippen molar-refractivity contribution in [3.8, 4) is 11.5 Å². The molecule has 0 aromatic heterocycles. The third kappa shape index (κ3) is 6.25. The van der Waals surface area contributed by atoms with Crippen LogP contribution in [0.1, 0.15) is 50.2 Å². The first-order valence-corrected chi connectivity index (χ1v) is 11.4. The fraction of sp³-hybridized carbons (Fsp3) is 0.462. The van der Waals surface area contributed by atoms with Crippen LogP contribution in [-0.4, -0.2) is 42.5 Å². The molecule has 0 aliphatic heterocycles. The summed E-state index contributed by atoms with van der Waals surface area (Å²) in [6.07, 6.45) is 4.84. The lowest BCUT2D eigenvalue weighted by Gasteiger charge is -2.32. The van der Waals surface area contributed by atoms with Crippen LogP contribution in [0, 0.1) is 6.92 Å². The third-order valence-corrected chi connectivity index (χ3v) is 6.11. The van der Waals surface area contributed by atoms with Gasteiger partial charge in [-0.3, -0.25) is 9.59 Å². The Balaban J connectivity index is 1.75. The zero-order chi connectivity index (χ0) is 22.9. The summed E-state index contributed by atoms with van der Waals surface area (Å²) < 4.78 is 10.9. The van der Waals surface area contributed by atoms with Crippen molar-refractivity contribution >= 4 is 11.8 Å². The van der Waals surface area contributed by atoms with E-state index in [0.717, 1.165) is 42.6 Å². The standard InChI is InChI=1S/C26H34N2O4/c1-4-24(26(30)27-21-11-7-8-12-21)28(17-20-10-6-5-9-19(20)2)25(29)18-32-23-15-13-22(31-3)14-16-23/h5-6,9-10,13-16,21,24H,4,7-8,11-12,17-18H2,1-3H3,(H,27,30). The van der Waals surface area contributed by atoms with Crippen molar-refractivity contribution in [1.29, 1.82) is 0 Å². The Bertz CT molecular complexity index is 891. The van der Waals surface area contributed by atoms with E-state index in [4.69, 9.17) is 9.47 Å². The molecule has 0 spiro atoms. The Morgan fingerprint density at radius 3 is 2.34 bits per heavy atom. The first kappa shape index (κ1) is 23.6. The third-order valence-electron chi connectivity index (χ3n) is 6.11. The van der Waals surface area contributed by atoms with Gasteiger partial charge in [0, 0.05) is 12.6 Å². The number of aryl methyl sites for hydroxylation is 1. The maximum atomic E-state index is 13.3. The first-order chi connectivity index (χ1) is 15.5. The molecular formula is C26H34N2O4. The van der Waals surface area contributed by atoms with Crippen LogP contribution in [0.5, 0.6) is 11.5 Å². The zero-order valence-corrected chi connectivity index (χ0v) is 19.3. The second-order valence-electron chi connectivity index (χ2n) is 8.33. The van der Waals surface area contributed by atoms with Crippen molar-refractivity contribution in [1.82, 2.24) is 10.2 Å². The van der Waals surface area contributed by atoms with Gasteiger partial charge in [0.2, 0.25) is 5.91 Å². The van der Waals surface area contributed by atoms with Crippen LogP contribution in [0.15, 0.2) is 48.5 Å². The van der Waals surface area contributed by atoms with Crippen molar-refractivity contribution in [2.45, 2.75) is 64.6 Å². The summed E-state index contributed by atoms with van der Waals surface area (Å²) >= 11 is 0. The van der Waals surface area contributed by atoms with Gasteiger partial charge >= 0.3 is 0 Å². The van der Waals surface area contributed by atoms with Crippen molar-refractivity contribution in [3.63, 3.8) is 0 Å². The number of carbonyl (C=O) groups excluding carboxylic acids is 2. The second-order valence-corrected chi connectivity index (χ2v) is 8.33. The predicted octanol–water partition coefficient (Wildman–Crippen LogP) is 4.25. The molecule has 1 N–H and O–H groups in total. The van der Waals surface area contributed by atoms with E-state index < -0.39 is 6.04 Å². The Morgan fingerprint density at radius 2 is 1.72 bits per heavy atom. The quantitative estimate of drug-likeness (QED) is 0.602. The largest absolute Gasteiger partial charge is 0.497 e. The van der Waals surface area contributed by atoms with Gasteiger partial charge in [0.1, 0.15) is 17.5 Å². The minimum Gasteiger partial charge on any atom is -0.497 e. The van der Waals surface area contributed by atoms with Gasteiger partial charge in [0.25, 0.3) is 5.91 Å². The molecule has 2 amide bonds. The molecule has 3 rings (SSSR count). The molecule has 1 atom stereocenters. The predicted molar refractivity (Wildman–Crippen MR) is 125 cm³/mol. The monoisotopic (exact) mass is 438 g/mol. The highest BCUT2D eigenvalue weighted by atomic mass is 16.5. The number of ether oxygens (including phenoxy) is 2. The van der Waals surface area contributed by atoms with Gasteiger partial charge in [-0.2, -0.15) is 0 Å². The molecule has 6 heteroatoms. The van der Waals surface area contributed by atoms with Gasteiger partial charge in [0.05, 0.1) is 7.11 Å². The molecule has 1 unspecified atom stereocenters. The van der Waals surface area contributed by atoms with Gasteiger partial charge < -0.3 is 19.7 Å². The van der Waals surface area contributed by atoms with E-state index in [1.54, 1.807) is 36.3 Å². The average Bonchev–Trinajstić information content (AvgIpc) is 3.32. The molecule has 2 aromatic rings. The Hall–Kier alpha value is -3.02. The number of hydrogen-bond acceptors (Lipinski definition) is 4. The maximum absolute atomic E-state index is 13.3. The lowest BCUT2D eigenvalue weighted by atomic mass is 10.1. The molecule has 0 bridgehead atoms. The molecule has 1 fully saturated rings. The van der Waals surface area contributed by atoms with E-state index in [2.05, 4.69) is 5.32 Å². The summed E-state index contributed by atoms with van der Waals surface area (Å²) in [5.41, 5.74) is 2.12. The molecular weight excluding hydrogens is 404 g/mol. The van der Waals surface area contributed by atoms with Crippen LogP contribution in [0.4, 0.5) is 0 Å². The zero-order valence-electron chi connectivity index (χ0n) is 19.3. The molecule has 1 aliphatic rings. The van der Waals surface area contributed by atoms with Gasteiger partial charge in [-0.05, 0) is 61.6 Å². The fourth-order valence-corrected chi connectivity index (χ4v) is 4.16. The Kier molecular flexibility index (Phi) is 8.54. The molecule has 2 aromatic carbocycles. The van der Waals surface area contributed by atoms with Crippen LogP contribution in [0.3, 0.4) is 0 Å². The van der Waals surface area contributed by atoms with Crippen molar-refractivity contribution < 1.29 is 19.1 Å². The van der Waals surface area contributed by atoms with E-state index >= 15 is 0 Å². The van der Waals surface area contributed by atoms with Gasteiger partial charge in [-0.25, -0.2) is 0 Å². The van der Waals surface area contributed by atoms with Crippen LogP contribution < -0.4 is 14.8 Å². The van der Waals surface area contributed by atoms with E-state index in [1.165, 1.54) is 0 Å². The molecule has 1 saturated carbocycles. The minimum atomic E-state index is -0.540. The highest BCUT2D eigenvalue weighted by molar-refractivity contribution is 5.88. The van der Waals surface area contributed by atoms with Crippen molar-refractivity contribution in [2.75, 3.05) is 13.7 Å². The van der Waals surface area contributed by atoms with E-state index in [-0.39, 0.29) is 24.5 Å². The number of nitrogens with one attached hydrogen (secondary N) is 1. The SMILES string of the molecule is CCC(C(=O)NC1CCCC1)N(Cc1ccccc1C)C(=O)COc1ccc(OC)cc1. The van der Waals surface area contributed by atoms with Crippen LogP contribution in [-0.2, 0) is 16.1 Å². The Morgan fingerprint density at radius 1 is 1.06 bits per heavy atom. The van der Waals surface area contributed by atoms with Gasteiger partial charge in [0.15, 0.2) is 6.61 Å². The normalized spacial score (nSPS) is 14.6. The molecule has 32 heavy (non-hydrogen) atoms. The smallest absolute Gasteiger partial charge is 0.261 e. The first-order valence-electron chi connectivity index (χ1n) is 11.4. The number of carbonyl (C=O) groups is 2. The van der Waals surface area contributed by atoms with Crippen molar-refractivity contribution in [2.24, 2.45) is 0 Å². The number of methoxy groups -OCH3 is 1. The van der Waals surface area contributed by atoms with Crippen LogP contribution >= 0.6 is 0 Å². The van der Waals surface area contributed by atoms with Crippen LogP contribution in [0.2, 0.25) is 0 Å². The van der Waals surface area contributed by atoms with Crippen molar-refractivity contribution in [3.05, 3.63) is 59.7 Å². The summed E-state index contributed by atoms with van der Waals surface area (Å²) in [5.74, 6) is 1.02. The fourth-order valence-electron chi connectivity index (χ4n) is 4.16. The van der Waals surface area contributed by atoms with Gasteiger partial charge in [-0.15, -0.1) is 0 Å². The topological polar surface area (TPSA) is 67.9 Å². The van der Waals surface area contributed by atoms with E-state index in [9.17, 15) is 9.59 Å². The number of hydrogen-bond donors (Lipinski definition) is 1. The number of rotatable bonds is 10. The summed E-state index contributed by atoms with van der Waals surface area (Å²) in [4.78, 5) is 28.1.